The number of anilines is 1. The first-order valence-electron chi connectivity index (χ1n) is 8.73. The van der Waals surface area contributed by atoms with E-state index in [9.17, 15) is 14.9 Å². The molecule has 28 heavy (non-hydrogen) atoms. The summed E-state index contributed by atoms with van der Waals surface area (Å²) in [4.78, 5) is 28.2. The lowest BCUT2D eigenvalue weighted by atomic mass is 10.1. The van der Waals surface area contributed by atoms with Crippen molar-refractivity contribution in [2.75, 3.05) is 11.1 Å². The number of hydrogen-bond acceptors (Lipinski definition) is 5. The van der Waals surface area contributed by atoms with Crippen LogP contribution in [0.25, 0.3) is 10.9 Å². The minimum atomic E-state index is -0.202. The van der Waals surface area contributed by atoms with E-state index in [2.05, 4.69) is 22.4 Å². The van der Waals surface area contributed by atoms with Gasteiger partial charge < -0.3 is 5.32 Å². The van der Waals surface area contributed by atoms with Crippen LogP contribution in [0.1, 0.15) is 34.0 Å². The highest BCUT2D eigenvalue weighted by atomic mass is 32.2. The van der Waals surface area contributed by atoms with Crippen LogP contribution in [-0.2, 0) is 4.79 Å². The Morgan fingerprint density at radius 2 is 1.86 bits per heavy atom. The first kappa shape index (κ1) is 19.6. The minimum Gasteiger partial charge on any atom is -0.325 e. The molecule has 3 aromatic rings. The molecule has 0 aliphatic heterocycles. The lowest BCUT2D eigenvalue weighted by Crippen LogP contribution is -2.14. The molecular formula is C22H19N3O2S. The van der Waals surface area contributed by atoms with Crippen molar-refractivity contribution < 1.29 is 9.59 Å². The van der Waals surface area contributed by atoms with Crippen molar-refractivity contribution in [3.05, 3.63) is 64.7 Å². The van der Waals surface area contributed by atoms with E-state index in [4.69, 9.17) is 0 Å². The van der Waals surface area contributed by atoms with Gasteiger partial charge in [-0.05, 0) is 68.3 Å². The van der Waals surface area contributed by atoms with Crippen LogP contribution in [0.2, 0.25) is 0 Å². The van der Waals surface area contributed by atoms with Crippen LogP contribution < -0.4 is 5.32 Å². The van der Waals surface area contributed by atoms with Gasteiger partial charge in [0.25, 0.3) is 0 Å². The normalized spacial score (nSPS) is 10.5. The zero-order chi connectivity index (χ0) is 20.3. The molecule has 0 aliphatic rings. The standard InChI is InChI=1S/C22H19N3O2S/c1-13-8-14(2)19-10-17(11-23)22(25-20(19)9-13)28-12-21(27)24-18-6-4-16(5-7-18)15(3)26/h4-10H,12H2,1-3H3,(H,24,27). The summed E-state index contributed by atoms with van der Waals surface area (Å²) >= 11 is 1.23. The topological polar surface area (TPSA) is 82.8 Å². The Bertz CT molecular complexity index is 1120. The Balaban J connectivity index is 1.74. The van der Waals surface area contributed by atoms with Crippen LogP contribution in [-0.4, -0.2) is 22.4 Å². The van der Waals surface area contributed by atoms with E-state index in [1.807, 2.05) is 26.0 Å². The smallest absolute Gasteiger partial charge is 0.234 e. The number of fused-ring (bicyclic) bond motifs is 1. The molecule has 2 aromatic carbocycles. The molecule has 0 aliphatic carbocycles. The Morgan fingerprint density at radius 3 is 2.50 bits per heavy atom. The van der Waals surface area contributed by atoms with Gasteiger partial charge in [-0.3, -0.25) is 9.59 Å². The number of nitrogens with zero attached hydrogens (tertiary/aromatic N) is 2. The van der Waals surface area contributed by atoms with Crippen molar-refractivity contribution in [2.24, 2.45) is 0 Å². The number of hydrogen-bond donors (Lipinski definition) is 1. The molecular weight excluding hydrogens is 370 g/mol. The molecule has 0 fully saturated rings. The minimum absolute atomic E-state index is 0.0229. The summed E-state index contributed by atoms with van der Waals surface area (Å²) in [5.41, 5.74) is 4.67. The number of Topliss-reactive ketones (excluding diaryl/α,β-unsaturated/α-hetero) is 1. The number of carbonyl (C=O) groups excluding carboxylic acids is 2. The van der Waals surface area contributed by atoms with Crippen molar-refractivity contribution in [2.45, 2.75) is 25.8 Å². The Kier molecular flexibility index (Phi) is 5.76. The van der Waals surface area contributed by atoms with E-state index in [1.165, 1.54) is 18.7 Å². The molecule has 1 amide bonds. The van der Waals surface area contributed by atoms with Crippen molar-refractivity contribution in [1.29, 1.82) is 5.26 Å². The van der Waals surface area contributed by atoms with Gasteiger partial charge in [0.15, 0.2) is 5.78 Å². The quantitative estimate of drug-likeness (QED) is 0.507. The Hall–Kier alpha value is -3.17. The van der Waals surface area contributed by atoms with Gasteiger partial charge in [-0.15, -0.1) is 0 Å². The van der Waals surface area contributed by atoms with Gasteiger partial charge in [0.1, 0.15) is 11.1 Å². The maximum Gasteiger partial charge on any atom is 0.234 e. The van der Waals surface area contributed by atoms with E-state index in [1.54, 1.807) is 24.3 Å². The van der Waals surface area contributed by atoms with Gasteiger partial charge in [-0.2, -0.15) is 5.26 Å². The summed E-state index contributed by atoms with van der Waals surface area (Å²) in [5, 5.41) is 13.7. The van der Waals surface area contributed by atoms with Crippen molar-refractivity contribution in [3.63, 3.8) is 0 Å². The molecule has 3 rings (SSSR count). The van der Waals surface area contributed by atoms with Gasteiger partial charge >= 0.3 is 0 Å². The fraction of sp³-hybridized carbons (Fsp3) is 0.182. The number of aryl methyl sites for hydroxylation is 2. The number of benzene rings is 2. The van der Waals surface area contributed by atoms with E-state index < -0.39 is 0 Å². The SMILES string of the molecule is CC(=O)c1ccc(NC(=O)CSc2nc3cc(C)cc(C)c3cc2C#N)cc1. The first-order chi connectivity index (χ1) is 13.4. The number of amides is 1. The van der Waals surface area contributed by atoms with Crippen molar-refractivity contribution in [1.82, 2.24) is 4.98 Å². The third-order valence-corrected chi connectivity index (χ3v) is 5.28. The van der Waals surface area contributed by atoms with Gasteiger partial charge in [0.2, 0.25) is 5.91 Å². The monoisotopic (exact) mass is 389 g/mol. The third kappa shape index (κ3) is 4.38. The number of thioether (sulfide) groups is 1. The molecule has 0 unspecified atom stereocenters. The molecule has 1 N–H and O–H groups in total. The summed E-state index contributed by atoms with van der Waals surface area (Å²) in [7, 11) is 0. The molecule has 0 saturated heterocycles. The predicted molar refractivity (Wildman–Crippen MR) is 112 cm³/mol. The molecule has 0 spiro atoms. The molecule has 1 heterocycles. The molecule has 0 atom stereocenters. The van der Waals surface area contributed by atoms with E-state index in [-0.39, 0.29) is 17.4 Å². The highest BCUT2D eigenvalue weighted by Gasteiger charge is 2.12. The summed E-state index contributed by atoms with van der Waals surface area (Å²) in [6, 6.07) is 14.8. The third-order valence-electron chi connectivity index (χ3n) is 4.29. The molecule has 6 heteroatoms. The predicted octanol–water partition coefficient (Wildman–Crippen LogP) is 4.66. The summed E-state index contributed by atoms with van der Waals surface area (Å²) in [5.74, 6) is -0.0935. The number of nitrogens with one attached hydrogen (secondary N) is 1. The maximum absolute atomic E-state index is 12.3. The van der Waals surface area contributed by atoms with E-state index in [0.717, 1.165) is 22.0 Å². The average Bonchev–Trinajstić information content (AvgIpc) is 2.66. The maximum atomic E-state index is 12.3. The van der Waals surface area contributed by atoms with Crippen LogP contribution in [0.3, 0.4) is 0 Å². The molecule has 5 nitrogen and oxygen atoms in total. The molecule has 1 aromatic heterocycles. The molecule has 0 bridgehead atoms. The lowest BCUT2D eigenvalue weighted by Gasteiger charge is -2.09. The van der Waals surface area contributed by atoms with Crippen LogP contribution in [0.5, 0.6) is 0 Å². The molecule has 0 radical (unpaired) electrons. The number of rotatable bonds is 5. The van der Waals surface area contributed by atoms with Gasteiger partial charge in [0, 0.05) is 16.6 Å². The van der Waals surface area contributed by atoms with Crippen LogP contribution in [0.15, 0.2) is 47.5 Å². The summed E-state index contributed by atoms with van der Waals surface area (Å²) in [6.45, 7) is 5.50. The van der Waals surface area contributed by atoms with E-state index >= 15 is 0 Å². The highest BCUT2D eigenvalue weighted by Crippen LogP contribution is 2.27. The first-order valence-corrected chi connectivity index (χ1v) is 9.71. The number of ketones is 1. The zero-order valence-electron chi connectivity index (χ0n) is 15.9. The number of nitriles is 1. The van der Waals surface area contributed by atoms with Crippen LogP contribution in [0.4, 0.5) is 5.69 Å². The largest absolute Gasteiger partial charge is 0.325 e. The van der Waals surface area contributed by atoms with E-state index in [0.29, 0.717) is 21.8 Å². The molecule has 0 saturated carbocycles. The van der Waals surface area contributed by atoms with Gasteiger partial charge in [0.05, 0.1) is 16.8 Å². The number of aromatic nitrogens is 1. The Morgan fingerprint density at radius 1 is 1.14 bits per heavy atom. The fourth-order valence-electron chi connectivity index (χ4n) is 2.92. The second-order valence-corrected chi connectivity index (χ2v) is 7.54. The van der Waals surface area contributed by atoms with Crippen molar-refractivity contribution in [3.8, 4) is 6.07 Å². The summed E-state index contributed by atoms with van der Waals surface area (Å²) in [6.07, 6.45) is 0. The fourth-order valence-corrected chi connectivity index (χ4v) is 3.68. The second-order valence-electron chi connectivity index (χ2n) is 6.57. The summed E-state index contributed by atoms with van der Waals surface area (Å²) < 4.78 is 0. The average molecular weight is 389 g/mol. The Labute approximate surface area is 167 Å². The number of carbonyl (C=O) groups is 2. The number of pyridine rings is 1. The molecule has 140 valence electrons. The van der Waals surface area contributed by atoms with Crippen LogP contribution >= 0.6 is 11.8 Å². The van der Waals surface area contributed by atoms with Crippen LogP contribution in [0, 0.1) is 25.2 Å². The van der Waals surface area contributed by atoms with Gasteiger partial charge in [-0.25, -0.2) is 4.98 Å². The van der Waals surface area contributed by atoms with Crippen molar-refractivity contribution >= 4 is 40.0 Å². The highest BCUT2D eigenvalue weighted by molar-refractivity contribution is 8.00. The zero-order valence-corrected chi connectivity index (χ0v) is 16.7. The lowest BCUT2D eigenvalue weighted by molar-refractivity contribution is -0.113. The second kappa shape index (κ2) is 8.24. The van der Waals surface area contributed by atoms with Gasteiger partial charge in [-0.1, -0.05) is 17.8 Å².